The van der Waals surface area contributed by atoms with Gasteiger partial charge in [-0.05, 0) is 44.9 Å². The van der Waals surface area contributed by atoms with Gasteiger partial charge in [-0.1, -0.05) is 72.1 Å². The highest BCUT2D eigenvalue weighted by Crippen LogP contribution is 2.31. The first-order valence-corrected chi connectivity index (χ1v) is 12.4. The quantitative estimate of drug-likeness (QED) is 0.401. The van der Waals surface area contributed by atoms with Crippen molar-refractivity contribution in [2.45, 2.75) is 129 Å². The Morgan fingerprint density at radius 2 is 1.15 bits per heavy atom. The maximum Gasteiger partial charge on any atom is 0.0276 e. The topological polar surface area (TPSA) is 21.8 Å². The lowest BCUT2D eigenvalue weighted by Crippen LogP contribution is -2.66. The van der Waals surface area contributed by atoms with Crippen LogP contribution >= 0.6 is 0 Å². The van der Waals surface area contributed by atoms with Crippen molar-refractivity contribution in [3.8, 4) is 0 Å². The van der Waals surface area contributed by atoms with E-state index in [1.807, 2.05) is 0 Å². The molecule has 1 N–H and O–H groups in total. The maximum atomic E-state index is 3.87. The minimum absolute atomic E-state index is 0.733. The normalized spacial score (nSPS) is 20.2. The maximum absolute atomic E-state index is 3.87. The molecule has 0 amide bonds. The molecule has 2 rings (SSSR count). The van der Waals surface area contributed by atoms with Crippen LogP contribution in [0.1, 0.15) is 117 Å². The zero-order chi connectivity index (χ0) is 19.3. The number of unbranched alkanes of at least 4 members (excludes halogenated alkanes) is 2. The van der Waals surface area contributed by atoms with E-state index in [0.29, 0.717) is 0 Å². The third-order valence-corrected chi connectivity index (χ3v) is 6.43. The van der Waals surface area contributed by atoms with E-state index in [1.54, 1.807) is 0 Å². The molecule has 0 radical (unpaired) electrons. The van der Waals surface area contributed by atoms with Crippen molar-refractivity contribution in [2.24, 2.45) is 0 Å². The zero-order valence-electron chi connectivity index (χ0n) is 18.7. The van der Waals surface area contributed by atoms with Crippen molar-refractivity contribution < 1.29 is 0 Å². The molecule has 0 unspecified atom stereocenters. The number of hydrogen-bond donors (Lipinski definition) is 1. The van der Waals surface area contributed by atoms with E-state index in [9.17, 15) is 0 Å². The Bertz CT molecular complexity index is 324. The van der Waals surface area contributed by atoms with Gasteiger partial charge >= 0.3 is 0 Å². The van der Waals surface area contributed by atoms with E-state index in [-0.39, 0.29) is 0 Å². The van der Waals surface area contributed by atoms with Gasteiger partial charge in [0.25, 0.3) is 0 Å². The van der Waals surface area contributed by atoms with E-state index in [1.165, 1.54) is 109 Å². The molecule has 0 atom stereocenters. The summed E-state index contributed by atoms with van der Waals surface area (Å²) >= 11 is 0. The molecule has 0 heterocycles. The van der Waals surface area contributed by atoms with Gasteiger partial charge in [-0.15, -0.1) is 5.23 Å². The fraction of sp³-hybridized carbons (Fsp3) is 1.00. The van der Waals surface area contributed by atoms with E-state index in [0.717, 1.165) is 18.6 Å². The molecule has 0 saturated heterocycles. The van der Waals surface area contributed by atoms with Crippen molar-refractivity contribution in [3.05, 3.63) is 0 Å². The van der Waals surface area contributed by atoms with E-state index in [2.05, 4.69) is 41.4 Å². The smallest absolute Gasteiger partial charge is 0.0276 e. The van der Waals surface area contributed by atoms with E-state index in [4.69, 9.17) is 0 Å². The van der Waals surface area contributed by atoms with Crippen molar-refractivity contribution in [1.29, 1.82) is 0 Å². The fourth-order valence-electron chi connectivity index (χ4n) is 4.82. The van der Waals surface area contributed by atoms with Crippen molar-refractivity contribution in [1.82, 2.24) is 20.7 Å². The van der Waals surface area contributed by atoms with Gasteiger partial charge in [0.15, 0.2) is 0 Å². The van der Waals surface area contributed by atoms with Gasteiger partial charge < -0.3 is 0 Å². The molecule has 0 aromatic carbocycles. The Labute approximate surface area is 169 Å². The number of hydrazine groups is 3. The van der Waals surface area contributed by atoms with Gasteiger partial charge in [0.05, 0.1) is 0 Å². The van der Waals surface area contributed by atoms with Crippen LogP contribution < -0.4 is 5.43 Å². The number of rotatable bonds is 13. The lowest BCUT2D eigenvalue weighted by molar-refractivity contribution is -0.262. The molecule has 2 aliphatic carbocycles. The Balaban J connectivity index is 2.21. The van der Waals surface area contributed by atoms with Gasteiger partial charge in [-0.25, -0.2) is 15.4 Å². The van der Waals surface area contributed by atoms with Crippen LogP contribution in [0.15, 0.2) is 0 Å². The van der Waals surface area contributed by atoms with Crippen molar-refractivity contribution >= 4 is 0 Å². The van der Waals surface area contributed by atoms with Crippen molar-refractivity contribution in [2.75, 3.05) is 19.6 Å². The molecular formula is C23H48N4. The predicted octanol–water partition coefficient (Wildman–Crippen LogP) is 5.90. The highest BCUT2D eigenvalue weighted by atomic mass is 16.0. The summed E-state index contributed by atoms with van der Waals surface area (Å²) in [6.45, 7) is 10.4. The average Bonchev–Trinajstić information content (AvgIpc) is 2.73. The molecule has 2 aliphatic rings. The molecule has 2 fully saturated rings. The van der Waals surface area contributed by atoms with Crippen LogP contribution in [0, 0.1) is 0 Å². The Morgan fingerprint density at radius 1 is 0.667 bits per heavy atom. The molecule has 27 heavy (non-hydrogen) atoms. The first-order chi connectivity index (χ1) is 13.3. The molecule has 4 heteroatoms. The van der Waals surface area contributed by atoms with Gasteiger partial charge in [-0.2, -0.15) is 0 Å². The summed E-state index contributed by atoms with van der Waals surface area (Å²) in [6.07, 6.45) is 20.4. The van der Waals surface area contributed by atoms with Crippen LogP contribution in [0.3, 0.4) is 0 Å². The second-order valence-corrected chi connectivity index (χ2v) is 8.82. The molecule has 4 nitrogen and oxygen atoms in total. The summed E-state index contributed by atoms with van der Waals surface area (Å²) in [4.78, 5) is 0. The second-order valence-electron chi connectivity index (χ2n) is 8.82. The Hall–Kier alpha value is -0.160. The van der Waals surface area contributed by atoms with Crippen LogP contribution in [-0.4, -0.2) is 47.0 Å². The molecule has 0 bridgehead atoms. The average molecular weight is 381 g/mol. The molecular weight excluding hydrogens is 332 g/mol. The van der Waals surface area contributed by atoms with Crippen LogP contribution in [-0.2, 0) is 0 Å². The molecule has 0 spiro atoms. The fourth-order valence-corrected chi connectivity index (χ4v) is 4.82. The third-order valence-electron chi connectivity index (χ3n) is 6.43. The van der Waals surface area contributed by atoms with Gasteiger partial charge in [0.2, 0.25) is 0 Å². The largest absolute Gasteiger partial charge is 0.227 e. The molecule has 0 aliphatic heterocycles. The lowest BCUT2D eigenvalue weighted by Gasteiger charge is -2.51. The minimum Gasteiger partial charge on any atom is -0.227 e. The summed E-state index contributed by atoms with van der Waals surface area (Å²) in [5.41, 5.74) is 3.87. The highest BCUT2D eigenvalue weighted by Gasteiger charge is 2.35. The number of nitrogens with one attached hydrogen (secondary N) is 1. The summed E-state index contributed by atoms with van der Waals surface area (Å²) in [5.74, 6) is 0. The van der Waals surface area contributed by atoms with Crippen LogP contribution in [0.5, 0.6) is 0 Å². The summed E-state index contributed by atoms with van der Waals surface area (Å²) in [7, 11) is 0. The SMILES string of the molecule is CCCCN(CCCC)N(NCCC)N(C1CCCCC1)C1CCCCC1. The summed E-state index contributed by atoms with van der Waals surface area (Å²) < 4.78 is 0. The molecule has 2 saturated carbocycles. The molecule has 0 aromatic rings. The number of nitrogens with zero attached hydrogens (tertiary/aromatic N) is 3. The predicted molar refractivity (Wildman–Crippen MR) is 117 cm³/mol. The highest BCUT2D eigenvalue weighted by molar-refractivity contribution is 4.82. The van der Waals surface area contributed by atoms with E-state index < -0.39 is 0 Å². The minimum atomic E-state index is 0.733. The van der Waals surface area contributed by atoms with Gasteiger partial charge in [0.1, 0.15) is 0 Å². The van der Waals surface area contributed by atoms with Crippen LogP contribution in [0.25, 0.3) is 0 Å². The van der Waals surface area contributed by atoms with E-state index >= 15 is 0 Å². The summed E-state index contributed by atoms with van der Waals surface area (Å²) in [5, 5.41) is 8.06. The Kier molecular flexibility index (Phi) is 11.9. The van der Waals surface area contributed by atoms with Gasteiger partial charge in [0, 0.05) is 31.7 Å². The molecule has 0 aromatic heterocycles. The third kappa shape index (κ3) is 7.64. The second kappa shape index (κ2) is 13.9. The molecule has 160 valence electrons. The summed E-state index contributed by atoms with van der Waals surface area (Å²) in [6, 6.07) is 1.47. The van der Waals surface area contributed by atoms with Gasteiger partial charge in [-0.3, -0.25) is 0 Å². The standard InChI is InChI=1S/C23H48N4/c1-4-7-20-25(21-8-5-2)27(24-19-6-3)26(22-15-11-9-12-16-22)23-17-13-10-14-18-23/h22-24H,4-21H2,1-3H3. The van der Waals surface area contributed by atoms with Crippen LogP contribution in [0.4, 0.5) is 0 Å². The zero-order valence-corrected chi connectivity index (χ0v) is 18.7. The Morgan fingerprint density at radius 3 is 1.56 bits per heavy atom. The monoisotopic (exact) mass is 380 g/mol. The number of hydrogen-bond acceptors (Lipinski definition) is 4. The first kappa shape index (κ1) is 23.1. The first-order valence-electron chi connectivity index (χ1n) is 12.4. The van der Waals surface area contributed by atoms with Crippen molar-refractivity contribution in [3.63, 3.8) is 0 Å². The van der Waals surface area contributed by atoms with Crippen LogP contribution in [0.2, 0.25) is 0 Å². The lowest BCUT2D eigenvalue weighted by atomic mass is 9.90.